The maximum atomic E-state index is 12.1. The Labute approximate surface area is 151 Å². The zero-order valence-electron chi connectivity index (χ0n) is 14.3. The van der Waals surface area contributed by atoms with Crippen molar-refractivity contribution in [1.29, 1.82) is 0 Å². The lowest BCUT2D eigenvalue weighted by atomic mass is 10.0. The molecule has 1 N–H and O–H groups in total. The number of carbonyl (C=O) groups is 1. The number of amides is 1. The van der Waals surface area contributed by atoms with Gasteiger partial charge < -0.3 is 10.1 Å². The third-order valence-corrected chi connectivity index (χ3v) is 3.95. The Morgan fingerprint density at radius 1 is 1.19 bits per heavy atom. The lowest BCUT2D eigenvalue weighted by Gasteiger charge is -2.10. The molecule has 26 heavy (non-hydrogen) atoms. The number of hydrogen-bond acceptors (Lipinski definition) is 6. The molecule has 2 heterocycles. The SMILES string of the molecule is C#CCCC1(CCC(=O)Nc2ccc(OCc3cnccn3)cc2)N=N1. The number of terminal acetylenes is 1. The van der Waals surface area contributed by atoms with Crippen LogP contribution in [-0.2, 0) is 11.4 Å². The fourth-order valence-corrected chi connectivity index (χ4v) is 2.40. The number of ether oxygens (including phenoxy) is 1. The van der Waals surface area contributed by atoms with E-state index in [0.717, 1.165) is 5.69 Å². The van der Waals surface area contributed by atoms with Crippen LogP contribution in [-0.4, -0.2) is 21.5 Å². The van der Waals surface area contributed by atoms with Crippen molar-refractivity contribution in [2.75, 3.05) is 5.32 Å². The number of aromatic nitrogens is 2. The van der Waals surface area contributed by atoms with E-state index >= 15 is 0 Å². The van der Waals surface area contributed by atoms with Gasteiger partial charge in [-0.05, 0) is 24.3 Å². The van der Waals surface area contributed by atoms with E-state index in [1.54, 1.807) is 42.9 Å². The van der Waals surface area contributed by atoms with Crippen LogP contribution in [0.3, 0.4) is 0 Å². The maximum absolute atomic E-state index is 12.1. The Hall–Kier alpha value is -3.27. The summed E-state index contributed by atoms with van der Waals surface area (Å²) in [4.78, 5) is 20.2. The molecule has 0 spiro atoms. The van der Waals surface area contributed by atoms with E-state index in [1.807, 2.05) is 0 Å². The first-order chi connectivity index (χ1) is 12.7. The molecule has 0 bridgehead atoms. The highest BCUT2D eigenvalue weighted by Crippen LogP contribution is 2.37. The van der Waals surface area contributed by atoms with Gasteiger partial charge in [-0.3, -0.25) is 14.8 Å². The molecule has 2 aromatic rings. The van der Waals surface area contributed by atoms with Crippen molar-refractivity contribution in [2.24, 2.45) is 10.2 Å². The normalized spacial score (nSPS) is 13.7. The number of rotatable bonds is 9. The smallest absolute Gasteiger partial charge is 0.224 e. The summed E-state index contributed by atoms with van der Waals surface area (Å²) >= 11 is 0. The van der Waals surface area contributed by atoms with Crippen LogP contribution < -0.4 is 10.1 Å². The number of anilines is 1. The molecule has 7 heteroatoms. The minimum atomic E-state index is -0.429. The van der Waals surface area contributed by atoms with E-state index in [0.29, 0.717) is 43.7 Å². The summed E-state index contributed by atoms with van der Waals surface area (Å²) in [5, 5.41) is 10.9. The van der Waals surface area contributed by atoms with Gasteiger partial charge in [0, 0.05) is 43.8 Å². The van der Waals surface area contributed by atoms with Crippen LogP contribution in [0.25, 0.3) is 0 Å². The van der Waals surface area contributed by atoms with Crippen molar-refractivity contribution in [3.63, 3.8) is 0 Å². The second-order valence-electron chi connectivity index (χ2n) is 5.94. The zero-order chi connectivity index (χ0) is 18.2. The van der Waals surface area contributed by atoms with E-state index in [4.69, 9.17) is 11.2 Å². The monoisotopic (exact) mass is 349 g/mol. The molecule has 0 saturated carbocycles. The van der Waals surface area contributed by atoms with Gasteiger partial charge in [0.25, 0.3) is 0 Å². The van der Waals surface area contributed by atoms with Gasteiger partial charge in [0.05, 0.1) is 11.9 Å². The van der Waals surface area contributed by atoms with Crippen LogP contribution in [0.15, 0.2) is 53.1 Å². The molecule has 0 saturated heterocycles. The Balaban J connectivity index is 1.42. The van der Waals surface area contributed by atoms with Gasteiger partial charge in [-0.25, -0.2) is 0 Å². The van der Waals surface area contributed by atoms with E-state index in [2.05, 4.69) is 31.4 Å². The molecule has 1 aromatic heterocycles. The Bertz CT molecular complexity index is 806. The average molecular weight is 349 g/mol. The van der Waals surface area contributed by atoms with Crippen molar-refractivity contribution in [2.45, 2.75) is 38.0 Å². The van der Waals surface area contributed by atoms with Crippen molar-refractivity contribution in [1.82, 2.24) is 9.97 Å². The largest absolute Gasteiger partial charge is 0.487 e. The summed E-state index contributed by atoms with van der Waals surface area (Å²) in [5.41, 5.74) is 1.03. The van der Waals surface area contributed by atoms with Crippen molar-refractivity contribution < 1.29 is 9.53 Å². The molecule has 0 atom stereocenters. The third kappa shape index (κ3) is 5.11. The van der Waals surface area contributed by atoms with Gasteiger partial charge in [-0.15, -0.1) is 12.3 Å². The molecule has 1 aliphatic rings. The molecular weight excluding hydrogens is 330 g/mol. The summed E-state index contributed by atoms with van der Waals surface area (Å²) in [6.45, 7) is 0.340. The Morgan fingerprint density at radius 3 is 2.65 bits per heavy atom. The molecule has 1 aliphatic heterocycles. The van der Waals surface area contributed by atoms with Crippen molar-refractivity contribution in [3.05, 3.63) is 48.5 Å². The Kier molecular flexibility index (Phi) is 5.54. The number of carbonyl (C=O) groups excluding carboxylic acids is 1. The standard InChI is InChI=1S/C19H19N5O2/c1-2-3-9-19(23-24-19)10-8-18(25)22-15-4-6-17(7-5-15)26-14-16-13-20-11-12-21-16/h1,4-7,11-13H,3,8-10,14H2,(H,22,25). The van der Waals surface area contributed by atoms with E-state index in [-0.39, 0.29) is 5.91 Å². The average Bonchev–Trinajstić information content (AvgIpc) is 3.45. The van der Waals surface area contributed by atoms with E-state index in [9.17, 15) is 4.79 Å². The predicted molar refractivity (Wildman–Crippen MR) is 96.3 cm³/mol. The molecule has 1 aromatic carbocycles. The maximum Gasteiger partial charge on any atom is 0.224 e. The number of benzene rings is 1. The molecule has 0 unspecified atom stereocenters. The second kappa shape index (κ2) is 8.21. The minimum Gasteiger partial charge on any atom is -0.487 e. The predicted octanol–water partition coefficient (Wildman–Crippen LogP) is 3.35. The summed E-state index contributed by atoms with van der Waals surface area (Å²) in [6.07, 6.45) is 12.4. The zero-order valence-corrected chi connectivity index (χ0v) is 14.3. The van der Waals surface area contributed by atoms with Crippen LogP contribution in [0.1, 0.15) is 31.4 Å². The number of hydrogen-bond donors (Lipinski definition) is 1. The molecule has 0 radical (unpaired) electrons. The molecule has 0 aliphatic carbocycles. The fraction of sp³-hybridized carbons (Fsp3) is 0.316. The summed E-state index contributed by atoms with van der Waals surface area (Å²) < 4.78 is 5.63. The van der Waals surface area contributed by atoms with E-state index in [1.165, 1.54) is 0 Å². The van der Waals surface area contributed by atoms with Gasteiger partial charge in [0.15, 0.2) is 5.66 Å². The van der Waals surface area contributed by atoms with Crippen molar-refractivity contribution >= 4 is 11.6 Å². The first kappa shape index (κ1) is 17.5. The van der Waals surface area contributed by atoms with Gasteiger partial charge in [-0.1, -0.05) is 0 Å². The number of nitrogens with one attached hydrogen (secondary N) is 1. The number of nitrogens with zero attached hydrogens (tertiary/aromatic N) is 4. The van der Waals surface area contributed by atoms with Gasteiger partial charge >= 0.3 is 0 Å². The highest BCUT2D eigenvalue weighted by molar-refractivity contribution is 5.90. The summed E-state index contributed by atoms with van der Waals surface area (Å²) in [5.74, 6) is 3.20. The first-order valence-corrected chi connectivity index (χ1v) is 8.34. The fourth-order valence-electron chi connectivity index (χ4n) is 2.40. The molecule has 132 valence electrons. The van der Waals surface area contributed by atoms with E-state index < -0.39 is 5.66 Å². The highest BCUT2D eigenvalue weighted by Gasteiger charge is 2.39. The van der Waals surface area contributed by atoms with Gasteiger partial charge in [0.1, 0.15) is 12.4 Å². The van der Waals surface area contributed by atoms with Gasteiger partial charge in [0.2, 0.25) is 5.91 Å². The lowest BCUT2D eigenvalue weighted by Crippen LogP contribution is -2.17. The quantitative estimate of drug-likeness (QED) is 0.703. The highest BCUT2D eigenvalue weighted by atomic mass is 16.5. The minimum absolute atomic E-state index is 0.0735. The lowest BCUT2D eigenvalue weighted by molar-refractivity contribution is -0.116. The van der Waals surface area contributed by atoms with Crippen LogP contribution >= 0.6 is 0 Å². The molecule has 7 nitrogen and oxygen atoms in total. The van der Waals surface area contributed by atoms with Crippen LogP contribution in [0.2, 0.25) is 0 Å². The Morgan fingerprint density at radius 2 is 2.00 bits per heavy atom. The molecular formula is C19H19N5O2. The van der Waals surface area contributed by atoms with Gasteiger partial charge in [-0.2, -0.15) is 10.2 Å². The van der Waals surface area contributed by atoms with Crippen LogP contribution in [0, 0.1) is 12.3 Å². The summed E-state index contributed by atoms with van der Waals surface area (Å²) in [7, 11) is 0. The first-order valence-electron chi connectivity index (χ1n) is 8.34. The molecule has 3 rings (SSSR count). The molecule has 0 fully saturated rings. The second-order valence-corrected chi connectivity index (χ2v) is 5.94. The van der Waals surface area contributed by atoms with Crippen molar-refractivity contribution in [3.8, 4) is 18.1 Å². The van der Waals surface area contributed by atoms with Crippen LogP contribution in [0.4, 0.5) is 5.69 Å². The third-order valence-electron chi connectivity index (χ3n) is 3.95. The topological polar surface area (TPSA) is 88.8 Å². The molecule has 1 amide bonds. The van der Waals surface area contributed by atoms with Crippen LogP contribution in [0.5, 0.6) is 5.75 Å². The summed E-state index contributed by atoms with van der Waals surface area (Å²) in [6, 6.07) is 7.19.